The molecule has 0 spiro atoms. The summed E-state index contributed by atoms with van der Waals surface area (Å²) in [7, 11) is 1.71. The van der Waals surface area contributed by atoms with E-state index in [1.807, 2.05) is 36.4 Å². The number of hydrogen-bond donors (Lipinski definition) is 0. The molecule has 0 unspecified atom stereocenters. The van der Waals surface area contributed by atoms with Crippen LogP contribution < -0.4 is 14.5 Å². The highest BCUT2D eigenvalue weighted by molar-refractivity contribution is 6.43. The first-order chi connectivity index (χ1) is 19.5. The van der Waals surface area contributed by atoms with Gasteiger partial charge >= 0.3 is 6.09 Å². The molecule has 0 aliphatic carbocycles. The molecule has 0 N–H and O–H groups in total. The molecule has 41 heavy (non-hydrogen) atoms. The van der Waals surface area contributed by atoms with E-state index in [-0.39, 0.29) is 18.1 Å². The van der Waals surface area contributed by atoms with Gasteiger partial charge in [0.25, 0.3) is 0 Å². The Hall–Kier alpha value is -2.68. The third-order valence-corrected chi connectivity index (χ3v) is 8.19. The molecular formula is C31H42Cl2N4O4. The number of amides is 2. The zero-order valence-electron chi connectivity index (χ0n) is 24.6. The molecule has 4 rings (SSSR count). The molecular weight excluding hydrogens is 563 g/mol. The number of nitrogens with zero attached hydrogens (tertiary/aromatic N) is 4. The van der Waals surface area contributed by atoms with Crippen LogP contribution in [-0.2, 0) is 16.0 Å². The highest BCUT2D eigenvalue weighted by atomic mass is 35.5. The Morgan fingerprint density at radius 2 is 1.76 bits per heavy atom. The van der Waals surface area contributed by atoms with Crippen LogP contribution in [0.3, 0.4) is 0 Å². The summed E-state index contributed by atoms with van der Waals surface area (Å²) in [5.74, 6) is 0.658. The minimum absolute atomic E-state index is 0.0467. The molecule has 0 saturated carbocycles. The highest BCUT2D eigenvalue weighted by Gasteiger charge is 2.27. The molecule has 0 radical (unpaired) electrons. The van der Waals surface area contributed by atoms with Crippen LogP contribution >= 0.6 is 23.2 Å². The maximum Gasteiger partial charge on any atom is 0.411 e. The Morgan fingerprint density at radius 1 is 1.00 bits per heavy atom. The maximum absolute atomic E-state index is 12.7. The van der Waals surface area contributed by atoms with Gasteiger partial charge in [0.05, 0.1) is 28.0 Å². The van der Waals surface area contributed by atoms with E-state index in [1.54, 1.807) is 16.8 Å². The average molecular weight is 606 g/mol. The molecule has 2 aliphatic heterocycles. The van der Waals surface area contributed by atoms with Crippen LogP contribution in [-0.4, -0.2) is 81.5 Å². The number of carbonyl (C=O) groups excluding carboxylic acids is 2. The zero-order chi connectivity index (χ0) is 29.6. The number of unbranched alkanes of at least 4 members (excludes halogenated alkanes) is 1. The van der Waals surface area contributed by atoms with Crippen LogP contribution in [0.1, 0.15) is 45.6 Å². The first-order valence-corrected chi connectivity index (χ1v) is 15.1. The van der Waals surface area contributed by atoms with E-state index in [0.717, 1.165) is 62.5 Å². The third-order valence-electron chi connectivity index (χ3n) is 7.38. The summed E-state index contributed by atoms with van der Waals surface area (Å²) in [5, 5.41) is 1.21. The number of benzene rings is 2. The summed E-state index contributed by atoms with van der Waals surface area (Å²) in [6, 6.07) is 11.6. The van der Waals surface area contributed by atoms with Crippen LogP contribution in [0, 0.1) is 5.41 Å². The fourth-order valence-electron chi connectivity index (χ4n) is 5.33. The summed E-state index contributed by atoms with van der Waals surface area (Å²) in [4.78, 5) is 33.1. The number of halogens is 2. The zero-order valence-corrected chi connectivity index (χ0v) is 26.1. The molecule has 2 amide bonds. The summed E-state index contributed by atoms with van der Waals surface area (Å²) in [6.07, 6.45) is 2.58. The van der Waals surface area contributed by atoms with Gasteiger partial charge in [-0.05, 0) is 55.0 Å². The smallest absolute Gasteiger partial charge is 0.411 e. The van der Waals surface area contributed by atoms with Crippen molar-refractivity contribution in [1.29, 1.82) is 0 Å². The lowest BCUT2D eigenvalue weighted by Gasteiger charge is -2.36. The van der Waals surface area contributed by atoms with Crippen molar-refractivity contribution < 1.29 is 19.1 Å². The molecule has 2 aliphatic rings. The van der Waals surface area contributed by atoms with Gasteiger partial charge in [0.15, 0.2) is 6.73 Å². The molecule has 224 valence electrons. The minimum Gasteiger partial charge on any atom is -0.494 e. The normalized spacial score (nSPS) is 16.0. The molecule has 8 nitrogen and oxygen atoms in total. The van der Waals surface area contributed by atoms with Gasteiger partial charge in [-0.25, -0.2) is 4.79 Å². The van der Waals surface area contributed by atoms with Gasteiger partial charge in [0.2, 0.25) is 5.91 Å². The fraction of sp³-hybridized carbons (Fsp3) is 0.548. The number of anilines is 2. The van der Waals surface area contributed by atoms with E-state index in [2.05, 4.69) is 30.6 Å². The van der Waals surface area contributed by atoms with Gasteiger partial charge in [0, 0.05) is 52.3 Å². The Morgan fingerprint density at radius 3 is 2.49 bits per heavy atom. The second kappa shape index (κ2) is 14.0. The molecule has 1 saturated heterocycles. The van der Waals surface area contributed by atoms with Crippen LogP contribution in [0.2, 0.25) is 10.0 Å². The van der Waals surface area contributed by atoms with E-state index in [9.17, 15) is 9.59 Å². The fourth-order valence-corrected chi connectivity index (χ4v) is 5.75. The van der Waals surface area contributed by atoms with Gasteiger partial charge in [-0.1, -0.05) is 56.1 Å². The summed E-state index contributed by atoms with van der Waals surface area (Å²) in [6.45, 7) is 12.0. The van der Waals surface area contributed by atoms with Gasteiger partial charge in [-0.15, -0.1) is 0 Å². The van der Waals surface area contributed by atoms with E-state index in [0.29, 0.717) is 41.8 Å². The maximum atomic E-state index is 12.7. The first kappa shape index (κ1) is 31.3. The number of rotatable bonds is 10. The Balaban J connectivity index is 1.21. The quantitative estimate of drug-likeness (QED) is 0.295. The summed E-state index contributed by atoms with van der Waals surface area (Å²) in [5.41, 5.74) is 2.76. The molecule has 0 aromatic heterocycles. The second-order valence-electron chi connectivity index (χ2n) is 12.0. The van der Waals surface area contributed by atoms with Crippen molar-refractivity contribution in [3.05, 3.63) is 52.0 Å². The minimum atomic E-state index is -0.443. The lowest BCUT2D eigenvalue weighted by atomic mass is 9.96. The van der Waals surface area contributed by atoms with Crippen molar-refractivity contribution in [3.63, 3.8) is 0 Å². The molecule has 0 atom stereocenters. The number of ether oxygens (including phenoxy) is 2. The molecule has 2 aromatic rings. The molecule has 10 heteroatoms. The SMILES string of the molecule is CN(CC(C)(C)C)C(=O)OCN1C(=O)CCc2ccc(OCCCCN3CCN(c4cccc(Cl)c4Cl)CC3)cc21. The van der Waals surface area contributed by atoms with Crippen molar-refractivity contribution in [2.45, 2.75) is 46.5 Å². The summed E-state index contributed by atoms with van der Waals surface area (Å²) < 4.78 is 11.6. The van der Waals surface area contributed by atoms with E-state index >= 15 is 0 Å². The Labute approximate surface area is 254 Å². The number of carbonyl (C=O) groups is 2. The van der Waals surface area contributed by atoms with E-state index < -0.39 is 6.09 Å². The van der Waals surface area contributed by atoms with Crippen molar-refractivity contribution in [3.8, 4) is 5.75 Å². The second-order valence-corrected chi connectivity index (χ2v) is 12.8. The Bertz CT molecular complexity index is 1210. The predicted molar refractivity (Wildman–Crippen MR) is 166 cm³/mol. The average Bonchev–Trinajstić information content (AvgIpc) is 2.93. The van der Waals surface area contributed by atoms with E-state index in [4.69, 9.17) is 32.7 Å². The van der Waals surface area contributed by atoms with E-state index in [1.165, 1.54) is 0 Å². The standard InChI is InChI=1S/C31H42Cl2N4O4/c1-31(2,3)21-34(4)30(39)41-22-37-27-20-24(12-10-23(27)11-13-28(37)38)40-19-6-5-14-35-15-17-36(18-16-35)26-9-7-8-25(32)29(26)33/h7-10,12,20H,5-6,11,13-19,21-22H2,1-4H3. The third kappa shape index (κ3) is 8.66. The highest BCUT2D eigenvalue weighted by Crippen LogP contribution is 2.33. The van der Waals surface area contributed by atoms with Gasteiger partial charge in [-0.3, -0.25) is 14.6 Å². The van der Waals surface area contributed by atoms with Crippen LogP contribution in [0.5, 0.6) is 5.75 Å². The van der Waals surface area contributed by atoms with Crippen molar-refractivity contribution in [1.82, 2.24) is 9.80 Å². The first-order valence-electron chi connectivity index (χ1n) is 14.4. The molecule has 2 heterocycles. The Kier molecular flexibility index (Phi) is 10.7. The van der Waals surface area contributed by atoms with Gasteiger partial charge < -0.3 is 19.3 Å². The topological polar surface area (TPSA) is 65.6 Å². The van der Waals surface area contributed by atoms with Crippen LogP contribution in [0.4, 0.5) is 16.2 Å². The number of fused-ring (bicyclic) bond motifs is 1. The number of hydrogen-bond acceptors (Lipinski definition) is 6. The lowest BCUT2D eigenvalue weighted by molar-refractivity contribution is -0.119. The van der Waals surface area contributed by atoms with Gasteiger partial charge in [-0.2, -0.15) is 0 Å². The molecule has 2 aromatic carbocycles. The predicted octanol–water partition coefficient (Wildman–Crippen LogP) is 6.33. The van der Waals surface area contributed by atoms with Crippen LogP contribution in [0.25, 0.3) is 0 Å². The summed E-state index contributed by atoms with van der Waals surface area (Å²) >= 11 is 12.6. The van der Waals surface area contributed by atoms with Gasteiger partial charge in [0.1, 0.15) is 5.75 Å². The molecule has 1 fully saturated rings. The monoisotopic (exact) mass is 604 g/mol. The lowest BCUT2D eigenvalue weighted by Crippen LogP contribution is -2.46. The van der Waals surface area contributed by atoms with Crippen molar-refractivity contribution >= 4 is 46.6 Å². The largest absolute Gasteiger partial charge is 0.494 e. The van der Waals surface area contributed by atoms with Crippen molar-refractivity contribution in [2.24, 2.45) is 5.41 Å². The van der Waals surface area contributed by atoms with Crippen LogP contribution in [0.15, 0.2) is 36.4 Å². The number of aryl methyl sites for hydroxylation is 1. The van der Waals surface area contributed by atoms with Crippen molar-refractivity contribution in [2.75, 3.05) is 69.5 Å². The molecule has 0 bridgehead atoms. The number of piperazine rings is 1.